The molecular formula is C24H27ClFN5O3. The van der Waals surface area contributed by atoms with E-state index in [1.807, 2.05) is 0 Å². The summed E-state index contributed by atoms with van der Waals surface area (Å²) in [4.78, 5) is 31.7. The molecule has 10 heteroatoms. The van der Waals surface area contributed by atoms with Crippen molar-refractivity contribution < 1.29 is 18.7 Å². The van der Waals surface area contributed by atoms with Gasteiger partial charge < -0.3 is 24.8 Å². The van der Waals surface area contributed by atoms with Crippen LogP contribution in [0, 0.1) is 5.82 Å². The number of benzene rings is 1. The zero-order chi connectivity index (χ0) is 24.2. The van der Waals surface area contributed by atoms with Gasteiger partial charge in [0.1, 0.15) is 18.2 Å². The minimum absolute atomic E-state index is 0.0112. The third-order valence-electron chi connectivity index (χ3n) is 5.90. The molecule has 0 unspecified atom stereocenters. The van der Waals surface area contributed by atoms with E-state index in [0.717, 1.165) is 25.9 Å². The first-order valence-corrected chi connectivity index (χ1v) is 11.6. The number of rotatable bonds is 6. The largest absolute Gasteiger partial charge is 0.414 e. The fraction of sp³-hybridized carbons (Fsp3) is 0.375. The van der Waals surface area contributed by atoms with E-state index in [-0.39, 0.29) is 24.4 Å². The Kier molecular flexibility index (Phi) is 7.33. The van der Waals surface area contributed by atoms with Crippen molar-refractivity contribution in [3.8, 4) is 5.88 Å². The van der Waals surface area contributed by atoms with Crippen LogP contribution in [0.3, 0.4) is 0 Å². The van der Waals surface area contributed by atoms with E-state index in [0.29, 0.717) is 27.8 Å². The number of carbonyl (C=O) groups excluding carboxylic acids is 2. The Morgan fingerprint density at radius 1 is 1.21 bits per heavy atom. The molecular weight excluding hydrogens is 461 g/mol. The SMILES string of the molecule is CC(C)N1CCC(NC(=O)Oc2cc3cc(F)ccc3n2CC(=O)Nc2ccc(Cl)cn2)CC1. The summed E-state index contributed by atoms with van der Waals surface area (Å²) in [6, 6.07) is 9.40. The monoisotopic (exact) mass is 487 g/mol. The maximum absolute atomic E-state index is 13.8. The first kappa shape index (κ1) is 24.0. The van der Waals surface area contributed by atoms with Crippen LogP contribution in [-0.4, -0.2) is 51.6 Å². The maximum Gasteiger partial charge on any atom is 0.414 e. The molecule has 1 aliphatic heterocycles. The summed E-state index contributed by atoms with van der Waals surface area (Å²) >= 11 is 5.83. The molecule has 0 spiro atoms. The van der Waals surface area contributed by atoms with Gasteiger partial charge in [0, 0.05) is 42.8 Å². The Labute approximate surface area is 202 Å². The van der Waals surface area contributed by atoms with Gasteiger partial charge >= 0.3 is 6.09 Å². The first-order valence-electron chi connectivity index (χ1n) is 11.2. The third-order valence-corrected chi connectivity index (χ3v) is 6.12. The summed E-state index contributed by atoms with van der Waals surface area (Å²) in [5.74, 6) is -0.322. The van der Waals surface area contributed by atoms with Crippen molar-refractivity contribution >= 4 is 40.3 Å². The van der Waals surface area contributed by atoms with Gasteiger partial charge in [0.2, 0.25) is 11.8 Å². The molecule has 2 amide bonds. The summed E-state index contributed by atoms with van der Waals surface area (Å²) in [5, 5.41) is 6.56. The van der Waals surface area contributed by atoms with E-state index < -0.39 is 11.9 Å². The standard InChI is InChI=1S/C24H27ClFN5O3/c1-15(2)30-9-7-19(8-10-30)28-24(33)34-23-12-16-11-18(26)4-5-20(16)31(23)14-22(32)29-21-6-3-17(25)13-27-21/h3-6,11-13,15,19H,7-10,14H2,1-2H3,(H,28,33)(H,27,29,32). The minimum atomic E-state index is -0.604. The molecule has 0 atom stereocenters. The van der Waals surface area contributed by atoms with Crippen molar-refractivity contribution in [3.63, 3.8) is 0 Å². The molecule has 8 nitrogen and oxygen atoms in total. The lowest BCUT2D eigenvalue weighted by Gasteiger charge is -2.34. The van der Waals surface area contributed by atoms with Gasteiger partial charge in [0.15, 0.2) is 0 Å². The molecule has 0 aliphatic carbocycles. The summed E-state index contributed by atoms with van der Waals surface area (Å²) in [6.45, 7) is 5.96. The lowest BCUT2D eigenvalue weighted by atomic mass is 10.0. The van der Waals surface area contributed by atoms with E-state index in [1.54, 1.807) is 24.3 Å². The molecule has 2 aromatic heterocycles. The Morgan fingerprint density at radius 3 is 2.65 bits per heavy atom. The summed E-state index contributed by atoms with van der Waals surface area (Å²) < 4.78 is 20.9. The molecule has 1 aliphatic rings. The number of nitrogens with one attached hydrogen (secondary N) is 2. The second kappa shape index (κ2) is 10.4. The summed E-state index contributed by atoms with van der Waals surface area (Å²) in [5.41, 5.74) is 0.564. The molecule has 0 bridgehead atoms. The number of halogens is 2. The number of ether oxygens (including phenoxy) is 1. The Morgan fingerprint density at radius 2 is 1.97 bits per heavy atom. The highest BCUT2D eigenvalue weighted by atomic mass is 35.5. The average Bonchev–Trinajstić information content (AvgIpc) is 3.11. The molecule has 1 fully saturated rings. The van der Waals surface area contributed by atoms with Crippen molar-refractivity contribution in [2.24, 2.45) is 0 Å². The molecule has 3 aromatic rings. The van der Waals surface area contributed by atoms with Crippen LogP contribution in [0.1, 0.15) is 26.7 Å². The van der Waals surface area contributed by atoms with Gasteiger partial charge in [-0.2, -0.15) is 0 Å². The van der Waals surface area contributed by atoms with Gasteiger partial charge in [0.05, 0.1) is 10.5 Å². The van der Waals surface area contributed by atoms with E-state index >= 15 is 0 Å². The van der Waals surface area contributed by atoms with Crippen LogP contribution in [0.4, 0.5) is 15.0 Å². The Bertz CT molecular complexity index is 1170. The number of nitrogens with zero attached hydrogens (tertiary/aromatic N) is 3. The predicted octanol–water partition coefficient (Wildman–Crippen LogP) is 4.43. The molecule has 0 saturated carbocycles. The quantitative estimate of drug-likeness (QED) is 0.537. The van der Waals surface area contributed by atoms with Crippen LogP contribution in [-0.2, 0) is 11.3 Å². The summed E-state index contributed by atoms with van der Waals surface area (Å²) in [7, 11) is 0. The van der Waals surface area contributed by atoms with Crippen LogP contribution in [0.5, 0.6) is 5.88 Å². The van der Waals surface area contributed by atoms with Crippen molar-refractivity contribution in [2.75, 3.05) is 18.4 Å². The average molecular weight is 488 g/mol. The highest BCUT2D eigenvalue weighted by Gasteiger charge is 2.24. The number of carbonyl (C=O) groups is 2. The number of likely N-dealkylation sites (tertiary alicyclic amines) is 1. The van der Waals surface area contributed by atoms with Crippen LogP contribution < -0.4 is 15.4 Å². The smallest absolute Gasteiger partial charge is 0.393 e. The van der Waals surface area contributed by atoms with E-state index in [2.05, 4.69) is 34.4 Å². The van der Waals surface area contributed by atoms with Gasteiger partial charge in [-0.25, -0.2) is 14.2 Å². The van der Waals surface area contributed by atoms with Crippen LogP contribution >= 0.6 is 11.6 Å². The highest BCUT2D eigenvalue weighted by Crippen LogP contribution is 2.27. The Balaban J connectivity index is 1.47. The maximum atomic E-state index is 13.8. The summed E-state index contributed by atoms with van der Waals surface area (Å²) in [6.07, 6.45) is 2.48. The van der Waals surface area contributed by atoms with Gasteiger partial charge in [-0.1, -0.05) is 11.6 Å². The molecule has 34 heavy (non-hydrogen) atoms. The van der Waals surface area contributed by atoms with Crippen molar-refractivity contribution in [2.45, 2.75) is 45.3 Å². The van der Waals surface area contributed by atoms with Gasteiger partial charge in [-0.3, -0.25) is 4.79 Å². The van der Waals surface area contributed by atoms with Crippen LogP contribution in [0.25, 0.3) is 10.9 Å². The molecule has 2 N–H and O–H groups in total. The van der Waals surface area contributed by atoms with Crippen molar-refractivity contribution in [1.29, 1.82) is 0 Å². The van der Waals surface area contributed by atoms with Crippen LogP contribution in [0.15, 0.2) is 42.6 Å². The topological polar surface area (TPSA) is 88.5 Å². The fourth-order valence-electron chi connectivity index (χ4n) is 4.09. The molecule has 0 radical (unpaired) electrons. The molecule has 1 saturated heterocycles. The van der Waals surface area contributed by atoms with Crippen molar-refractivity contribution in [3.05, 3.63) is 53.4 Å². The second-order valence-electron chi connectivity index (χ2n) is 8.62. The number of anilines is 1. The fourth-order valence-corrected chi connectivity index (χ4v) is 4.20. The Hall–Kier alpha value is -3.17. The van der Waals surface area contributed by atoms with E-state index in [1.165, 1.54) is 22.9 Å². The minimum Gasteiger partial charge on any atom is -0.393 e. The first-order chi connectivity index (χ1) is 16.3. The highest BCUT2D eigenvalue weighted by molar-refractivity contribution is 6.30. The molecule has 1 aromatic carbocycles. The normalized spacial score (nSPS) is 15.0. The lowest BCUT2D eigenvalue weighted by molar-refractivity contribution is -0.116. The van der Waals surface area contributed by atoms with Crippen LogP contribution in [0.2, 0.25) is 5.02 Å². The van der Waals surface area contributed by atoms with Gasteiger partial charge in [-0.05, 0) is 57.0 Å². The predicted molar refractivity (Wildman–Crippen MR) is 129 cm³/mol. The lowest BCUT2D eigenvalue weighted by Crippen LogP contribution is -2.47. The number of hydrogen-bond acceptors (Lipinski definition) is 5. The number of hydrogen-bond donors (Lipinski definition) is 2. The number of pyridine rings is 1. The van der Waals surface area contributed by atoms with Gasteiger partial charge in [0.25, 0.3) is 0 Å². The van der Waals surface area contributed by atoms with Crippen molar-refractivity contribution in [1.82, 2.24) is 19.8 Å². The molecule has 3 heterocycles. The van der Waals surface area contributed by atoms with Gasteiger partial charge in [-0.15, -0.1) is 0 Å². The number of aromatic nitrogens is 2. The third kappa shape index (κ3) is 5.84. The second-order valence-corrected chi connectivity index (χ2v) is 9.06. The van der Waals surface area contributed by atoms with E-state index in [9.17, 15) is 14.0 Å². The van der Waals surface area contributed by atoms with E-state index in [4.69, 9.17) is 16.3 Å². The molecule has 180 valence electrons. The number of fused-ring (bicyclic) bond motifs is 1. The molecule has 4 rings (SSSR count). The number of amides is 2. The number of piperidine rings is 1. The zero-order valence-corrected chi connectivity index (χ0v) is 19.8. The zero-order valence-electron chi connectivity index (χ0n) is 19.1.